The molecule has 172 valence electrons. The number of morpholine rings is 1. The Kier molecular flexibility index (Phi) is 6.72. The zero-order valence-corrected chi connectivity index (χ0v) is 19.7. The van der Waals surface area contributed by atoms with E-state index in [1.165, 1.54) is 16.9 Å². The molecule has 5 rings (SSSR count). The van der Waals surface area contributed by atoms with Crippen LogP contribution in [0.3, 0.4) is 0 Å². The molecule has 4 heterocycles. The second-order valence-electron chi connectivity index (χ2n) is 8.15. The van der Waals surface area contributed by atoms with Crippen LogP contribution in [-0.2, 0) is 17.9 Å². The minimum absolute atomic E-state index is 0.242. The predicted octanol–water partition coefficient (Wildman–Crippen LogP) is 3.86. The quantitative estimate of drug-likeness (QED) is 0.400. The average molecular weight is 473 g/mol. The van der Waals surface area contributed by atoms with Crippen LogP contribution >= 0.6 is 11.3 Å². The topological polar surface area (TPSA) is 97.0 Å². The summed E-state index contributed by atoms with van der Waals surface area (Å²) in [6, 6.07) is 16.5. The maximum atomic E-state index is 9.86. The van der Waals surface area contributed by atoms with Crippen molar-refractivity contribution in [1.29, 1.82) is 5.26 Å². The number of nitrogens with zero attached hydrogens (tertiary/aromatic N) is 6. The first-order chi connectivity index (χ1) is 16.7. The lowest BCUT2D eigenvalue weighted by Crippen LogP contribution is -2.35. The molecule has 0 spiro atoms. The van der Waals surface area contributed by atoms with Crippen LogP contribution in [0.25, 0.3) is 10.3 Å². The molecular formula is C25H24N6O2S. The van der Waals surface area contributed by atoms with E-state index in [9.17, 15) is 5.26 Å². The second-order valence-corrected chi connectivity index (χ2v) is 9.16. The van der Waals surface area contributed by atoms with Crippen LogP contribution in [0.5, 0.6) is 6.01 Å². The molecule has 9 heteroatoms. The standard InChI is InChI=1S/C25H24N6O2S/c1-17-5-6-22-24(28-17)34-23(29-22)20(14-26)21-7-8-27-25(30-21)33-16-19-4-2-3-18(13-19)15-31-9-11-32-12-10-31/h2-8,13,20H,9-12,15-16H2,1H3. The van der Waals surface area contributed by atoms with E-state index in [1.54, 1.807) is 12.3 Å². The fraction of sp³-hybridized carbons (Fsp3) is 0.320. The Labute approximate surface area is 201 Å². The summed E-state index contributed by atoms with van der Waals surface area (Å²) in [5.74, 6) is -0.610. The first-order valence-corrected chi connectivity index (χ1v) is 12.0. The predicted molar refractivity (Wildman–Crippen MR) is 129 cm³/mol. The number of nitriles is 1. The number of hydrogen-bond donors (Lipinski definition) is 0. The van der Waals surface area contributed by atoms with Crippen molar-refractivity contribution in [2.45, 2.75) is 26.0 Å². The molecule has 1 saturated heterocycles. The van der Waals surface area contributed by atoms with Crippen molar-refractivity contribution in [3.8, 4) is 12.1 Å². The zero-order valence-electron chi connectivity index (χ0n) is 18.8. The largest absolute Gasteiger partial charge is 0.459 e. The summed E-state index contributed by atoms with van der Waals surface area (Å²) >= 11 is 1.41. The lowest BCUT2D eigenvalue weighted by Gasteiger charge is -2.26. The number of rotatable bonds is 7. The molecule has 0 saturated carbocycles. The van der Waals surface area contributed by atoms with Gasteiger partial charge in [0.15, 0.2) is 0 Å². The number of thiazole rings is 1. The van der Waals surface area contributed by atoms with Gasteiger partial charge in [0, 0.05) is 31.5 Å². The highest BCUT2D eigenvalue weighted by molar-refractivity contribution is 7.18. The molecule has 1 unspecified atom stereocenters. The van der Waals surface area contributed by atoms with Crippen molar-refractivity contribution >= 4 is 21.7 Å². The Morgan fingerprint density at radius 1 is 1.12 bits per heavy atom. The van der Waals surface area contributed by atoms with Crippen molar-refractivity contribution in [3.05, 3.63) is 76.2 Å². The van der Waals surface area contributed by atoms with Crippen molar-refractivity contribution < 1.29 is 9.47 Å². The Morgan fingerprint density at radius 2 is 1.97 bits per heavy atom. The summed E-state index contributed by atoms with van der Waals surface area (Å²) in [7, 11) is 0. The first kappa shape index (κ1) is 22.3. The molecule has 1 fully saturated rings. The third kappa shape index (κ3) is 5.20. The van der Waals surface area contributed by atoms with E-state index in [0.29, 0.717) is 17.3 Å². The molecule has 0 N–H and O–H groups in total. The lowest BCUT2D eigenvalue weighted by atomic mass is 10.1. The van der Waals surface area contributed by atoms with Gasteiger partial charge in [-0.1, -0.05) is 35.6 Å². The van der Waals surface area contributed by atoms with Gasteiger partial charge < -0.3 is 9.47 Å². The van der Waals surface area contributed by atoms with Gasteiger partial charge in [-0.05, 0) is 36.2 Å². The van der Waals surface area contributed by atoms with Gasteiger partial charge in [0.25, 0.3) is 0 Å². The van der Waals surface area contributed by atoms with Crippen LogP contribution in [-0.4, -0.2) is 51.1 Å². The molecular weight excluding hydrogens is 448 g/mol. The van der Waals surface area contributed by atoms with E-state index in [0.717, 1.165) is 54.5 Å². The van der Waals surface area contributed by atoms with Gasteiger partial charge in [0.2, 0.25) is 0 Å². The molecule has 0 radical (unpaired) electrons. The van der Waals surface area contributed by atoms with Gasteiger partial charge in [-0.25, -0.2) is 15.0 Å². The van der Waals surface area contributed by atoms with Crippen molar-refractivity contribution in [2.24, 2.45) is 0 Å². The molecule has 0 aliphatic carbocycles. The molecule has 34 heavy (non-hydrogen) atoms. The number of ether oxygens (including phenoxy) is 2. The van der Waals surface area contributed by atoms with Crippen LogP contribution < -0.4 is 4.74 Å². The molecule has 4 aromatic rings. The van der Waals surface area contributed by atoms with Gasteiger partial charge >= 0.3 is 6.01 Å². The molecule has 0 bridgehead atoms. The normalized spacial score (nSPS) is 15.2. The fourth-order valence-electron chi connectivity index (χ4n) is 3.87. The summed E-state index contributed by atoms with van der Waals surface area (Å²) in [5, 5.41) is 10.5. The van der Waals surface area contributed by atoms with Crippen molar-refractivity contribution in [3.63, 3.8) is 0 Å². The van der Waals surface area contributed by atoms with Crippen LogP contribution in [0.15, 0.2) is 48.7 Å². The molecule has 1 aromatic carbocycles. The Hall–Kier alpha value is -3.45. The maximum absolute atomic E-state index is 9.86. The number of pyridine rings is 1. The summed E-state index contributed by atoms with van der Waals surface area (Å²) in [5.41, 5.74) is 4.55. The van der Waals surface area contributed by atoms with Gasteiger partial charge in [0.05, 0.1) is 25.0 Å². The van der Waals surface area contributed by atoms with Gasteiger partial charge in [-0.3, -0.25) is 4.90 Å². The third-order valence-corrected chi connectivity index (χ3v) is 6.64. The number of fused-ring (bicyclic) bond motifs is 1. The zero-order chi connectivity index (χ0) is 23.3. The highest BCUT2D eigenvalue weighted by Gasteiger charge is 2.21. The lowest BCUT2D eigenvalue weighted by molar-refractivity contribution is 0.0342. The number of aryl methyl sites for hydroxylation is 1. The maximum Gasteiger partial charge on any atom is 0.316 e. The van der Waals surface area contributed by atoms with E-state index < -0.39 is 5.92 Å². The van der Waals surface area contributed by atoms with Crippen LogP contribution in [0.1, 0.15) is 33.4 Å². The number of hydrogen-bond acceptors (Lipinski definition) is 9. The Bertz CT molecular complexity index is 1330. The van der Waals surface area contributed by atoms with E-state index in [4.69, 9.17) is 9.47 Å². The monoisotopic (exact) mass is 472 g/mol. The third-order valence-electron chi connectivity index (χ3n) is 5.61. The van der Waals surface area contributed by atoms with E-state index in [1.807, 2.05) is 31.2 Å². The molecule has 3 aromatic heterocycles. The molecule has 1 aliphatic heterocycles. The number of benzene rings is 1. The van der Waals surface area contributed by atoms with Gasteiger partial charge in [-0.15, -0.1) is 0 Å². The summed E-state index contributed by atoms with van der Waals surface area (Å²) in [4.78, 5) is 21.1. The summed E-state index contributed by atoms with van der Waals surface area (Å²) in [6.07, 6.45) is 1.62. The fourth-order valence-corrected chi connectivity index (χ4v) is 4.91. The Morgan fingerprint density at radius 3 is 2.82 bits per heavy atom. The molecule has 1 aliphatic rings. The molecule has 8 nitrogen and oxygen atoms in total. The average Bonchev–Trinajstić information content (AvgIpc) is 3.27. The van der Waals surface area contributed by atoms with Gasteiger partial charge in [0.1, 0.15) is 27.9 Å². The molecule has 1 atom stereocenters. The van der Waals surface area contributed by atoms with Crippen LogP contribution in [0.4, 0.5) is 0 Å². The van der Waals surface area contributed by atoms with E-state index >= 15 is 0 Å². The second kappa shape index (κ2) is 10.2. The molecule has 0 amide bonds. The van der Waals surface area contributed by atoms with Crippen molar-refractivity contribution in [1.82, 2.24) is 24.8 Å². The van der Waals surface area contributed by atoms with E-state index in [2.05, 4.69) is 43.0 Å². The van der Waals surface area contributed by atoms with Crippen LogP contribution in [0.2, 0.25) is 0 Å². The summed E-state index contributed by atoms with van der Waals surface area (Å²) < 4.78 is 11.3. The van der Waals surface area contributed by atoms with E-state index in [-0.39, 0.29) is 6.01 Å². The SMILES string of the molecule is Cc1ccc2nc(C(C#N)c3ccnc(OCc4cccc(CN5CCOCC5)c4)n3)sc2n1. The highest BCUT2D eigenvalue weighted by Crippen LogP contribution is 2.30. The minimum atomic E-state index is -0.610. The smallest absolute Gasteiger partial charge is 0.316 e. The van der Waals surface area contributed by atoms with Gasteiger partial charge in [-0.2, -0.15) is 10.2 Å². The minimum Gasteiger partial charge on any atom is -0.459 e. The first-order valence-electron chi connectivity index (χ1n) is 11.2. The highest BCUT2D eigenvalue weighted by atomic mass is 32.1. The number of aromatic nitrogens is 4. The summed E-state index contributed by atoms with van der Waals surface area (Å²) in [6.45, 7) is 6.65. The van der Waals surface area contributed by atoms with Crippen molar-refractivity contribution in [2.75, 3.05) is 26.3 Å². The Balaban J connectivity index is 1.28. The van der Waals surface area contributed by atoms with Crippen LogP contribution in [0, 0.1) is 18.3 Å².